The second kappa shape index (κ2) is 4.97. The van der Waals surface area contributed by atoms with Gasteiger partial charge in [0.25, 0.3) is 0 Å². The van der Waals surface area contributed by atoms with Crippen LogP contribution in [0.25, 0.3) is 0 Å². The second-order valence-electron chi connectivity index (χ2n) is 6.00. The van der Waals surface area contributed by atoms with Gasteiger partial charge in [0.2, 0.25) is 5.91 Å². The van der Waals surface area contributed by atoms with Crippen molar-refractivity contribution in [1.82, 2.24) is 10.2 Å². The summed E-state index contributed by atoms with van der Waals surface area (Å²) >= 11 is 0. The molecule has 0 radical (unpaired) electrons. The summed E-state index contributed by atoms with van der Waals surface area (Å²) in [4.78, 5) is 14.9. The second-order valence-corrected chi connectivity index (χ2v) is 6.00. The number of hydrogen-bond acceptors (Lipinski definition) is 2. The van der Waals surface area contributed by atoms with Gasteiger partial charge in [-0.2, -0.15) is 0 Å². The molecule has 0 bridgehead atoms. The van der Waals surface area contributed by atoms with E-state index in [0.717, 1.165) is 38.8 Å². The summed E-state index contributed by atoms with van der Waals surface area (Å²) in [5.74, 6) is 0.244. The largest absolute Gasteiger partial charge is 0.353 e. The SMILES string of the molecule is CN1CCC(NC(=O)C2(c3ccccc3)CC2)CC1. The van der Waals surface area contributed by atoms with Crippen molar-refractivity contribution >= 4 is 5.91 Å². The number of rotatable bonds is 3. The molecule has 1 saturated carbocycles. The Balaban J connectivity index is 1.65. The number of benzene rings is 1. The van der Waals surface area contributed by atoms with E-state index in [1.807, 2.05) is 18.2 Å². The van der Waals surface area contributed by atoms with Gasteiger partial charge in [-0.05, 0) is 51.4 Å². The van der Waals surface area contributed by atoms with Crippen molar-refractivity contribution in [3.8, 4) is 0 Å². The van der Waals surface area contributed by atoms with Crippen LogP contribution in [0.15, 0.2) is 30.3 Å². The lowest BCUT2D eigenvalue weighted by atomic mass is 9.94. The number of carbonyl (C=O) groups is 1. The highest BCUT2D eigenvalue weighted by atomic mass is 16.2. The average molecular weight is 258 g/mol. The van der Waals surface area contributed by atoms with Gasteiger partial charge in [-0.15, -0.1) is 0 Å². The van der Waals surface area contributed by atoms with E-state index in [1.54, 1.807) is 0 Å². The quantitative estimate of drug-likeness (QED) is 0.898. The summed E-state index contributed by atoms with van der Waals surface area (Å²) in [7, 11) is 2.14. The molecule has 1 amide bonds. The maximum Gasteiger partial charge on any atom is 0.230 e. The molecule has 1 N–H and O–H groups in total. The summed E-state index contributed by atoms with van der Waals surface area (Å²) in [6, 6.07) is 10.6. The molecule has 3 heteroatoms. The van der Waals surface area contributed by atoms with Gasteiger partial charge in [-0.25, -0.2) is 0 Å². The van der Waals surface area contributed by atoms with Crippen molar-refractivity contribution in [3.05, 3.63) is 35.9 Å². The van der Waals surface area contributed by atoms with Gasteiger partial charge in [0.15, 0.2) is 0 Å². The van der Waals surface area contributed by atoms with E-state index >= 15 is 0 Å². The zero-order chi connectivity index (χ0) is 13.3. The van der Waals surface area contributed by atoms with Crippen molar-refractivity contribution in [2.24, 2.45) is 0 Å². The summed E-state index contributed by atoms with van der Waals surface area (Å²) in [5.41, 5.74) is 0.963. The zero-order valence-electron chi connectivity index (χ0n) is 11.6. The molecular weight excluding hydrogens is 236 g/mol. The van der Waals surface area contributed by atoms with Crippen molar-refractivity contribution in [3.63, 3.8) is 0 Å². The molecule has 0 unspecified atom stereocenters. The van der Waals surface area contributed by atoms with Crippen LogP contribution in [0.1, 0.15) is 31.2 Å². The fourth-order valence-electron chi connectivity index (χ4n) is 3.01. The van der Waals surface area contributed by atoms with Crippen molar-refractivity contribution in [2.45, 2.75) is 37.1 Å². The first-order valence-corrected chi connectivity index (χ1v) is 7.26. The van der Waals surface area contributed by atoms with Crippen LogP contribution in [-0.2, 0) is 10.2 Å². The van der Waals surface area contributed by atoms with Gasteiger partial charge >= 0.3 is 0 Å². The van der Waals surface area contributed by atoms with Gasteiger partial charge in [0, 0.05) is 6.04 Å². The molecule has 2 fully saturated rings. The van der Waals surface area contributed by atoms with Crippen LogP contribution in [0.4, 0.5) is 0 Å². The van der Waals surface area contributed by atoms with E-state index in [1.165, 1.54) is 5.56 Å². The number of carbonyl (C=O) groups excluding carboxylic acids is 1. The molecule has 1 saturated heterocycles. The van der Waals surface area contributed by atoms with Crippen LogP contribution in [0.2, 0.25) is 0 Å². The third-order valence-electron chi connectivity index (χ3n) is 4.56. The van der Waals surface area contributed by atoms with Gasteiger partial charge in [0.1, 0.15) is 0 Å². The smallest absolute Gasteiger partial charge is 0.230 e. The molecule has 1 heterocycles. The lowest BCUT2D eigenvalue weighted by Gasteiger charge is -2.30. The highest BCUT2D eigenvalue weighted by Crippen LogP contribution is 2.48. The van der Waals surface area contributed by atoms with Gasteiger partial charge in [-0.1, -0.05) is 30.3 Å². The third-order valence-corrected chi connectivity index (χ3v) is 4.56. The van der Waals surface area contributed by atoms with Crippen LogP contribution in [0, 0.1) is 0 Å². The molecule has 2 aliphatic rings. The summed E-state index contributed by atoms with van der Waals surface area (Å²) in [6.45, 7) is 2.17. The van der Waals surface area contributed by atoms with Gasteiger partial charge < -0.3 is 10.2 Å². The number of nitrogens with zero attached hydrogens (tertiary/aromatic N) is 1. The van der Waals surface area contributed by atoms with Gasteiger partial charge in [-0.3, -0.25) is 4.79 Å². The highest BCUT2D eigenvalue weighted by Gasteiger charge is 2.51. The first kappa shape index (κ1) is 12.7. The standard InChI is InChI=1S/C16H22N2O/c1-18-11-7-14(8-12-18)17-15(19)16(9-10-16)13-5-3-2-4-6-13/h2-6,14H,7-12H2,1H3,(H,17,19). The monoisotopic (exact) mass is 258 g/mol. The molecule has 1 aromatic rings. The van der Waals surface area contributed by atoms with Crippen LogP contribution in [0.5, 0.6) is 0 Å². The van der Waals surface area contributed by atoms with E-state index in [4.69, 9.17) is 0 Å². The first-order chi connectivity index (χ1) is 9.21. The summed E-state index contributed by atoms with van der Waals surface area (Å²) in [5, 5.41) is 3.28. The molecule has 0 spiro atoms. The zero-order valence-corrected chi connectivity index (χ0v) is 11.6. The Morgan fingerprint density at radius 1 is 1.21 bits per heavy atom. The highest BCUT2D eigenvalue weighted by molar-refractivity contribution is 5.91. The molecule has 102 valence electrons. The molecule has 0 atom stereocenters. The van der Waals surface area contributed by atoms with E-state index in [2.05, 4.69) is 29.4 Å². The minimum absolute atomic E-state index is 0.218. The number of amides is 1. The Labute approximate surface area is 115 Å². The van der Waals surface area contributed by atoms with Crippen LogP contribution >= 0.6 is 0 Å². The fraction of sp³-hybridized carbons (Fsp3) is 0.562. The molecule has 19 heavy (non-hydrogen) atoms. The van der Waals surface area contributed by atoms with E-state index in [0.29, 0.717) is 6.04 Å². The maximum atomic E-state index is 12.6. The topological polar surface area (TPSA) is 32.3 Å². The lowest BCUT2D eigenvalue weighted by molar-refractivity contribution is -0.124. The van der Waals surface area contributed by atoms with Crippen LogP contribution < -0.4 is 5.32 Å². The van der Waals surface area contributed by atoms with Crippen molar-refractivity contribution in [2.75, 3.05) is 20.1 Å². The molecule has 1 aliphatic carbocycles. The molecule has 3 nitrogen and oxygen atoms in total. The van der Waals surface area contributed by atoms with E-state index in [-0.39, 0.29) is 11.3 Å². The Hall–Kier alpha value is -1.35. The summed E-state index contributed by atoms with van der Waals surface area (Å²) < 4.78 is 0. The Morgan fingerprint density at radius 3 is 2.42 bits per heavy atom. The number of hydrogen-bond donors (Lipinski definition) is 1. The van der Waals surface area contributed by atoms with E-state index in [9.17, 15) is 4.79 Å². The Kier molecular flexibility index (Phi) is 3.31. The molecule has 3 rings (SSSR count). The number of piperidine rings is 1. The minimum Gasteiger partial charge on any atom is -0.353 e. The Bertz CT molecular complexity index is 445. The van der Waals surface area contributed by atoms with Crippen molar-refractivity contribution < 1.29 is 4.79 Å². The fourth-order valence-corrected chi connectivity index (χ4v) is 3.01. The first-order valence-electron chi connectivity index (χ1n) is 7.26. The minimum atomic E-state index is -0.218. The molecule has 0 aromatic heterocycles. The predicted molar refractivity (Wildman–Crippen MR) is 76.0 cm³/mol. The van der Waals surface area contributed by atoms with E-state index < -0.39 is 0 Å². The lowest BCUT2D eigenvalue weighted by Crippen LogP contribution is -2.46. The van der Waals surface area contributed by atoms with Gasteiger partial charge in [0.05, 0.1) is 5.41 Å². The molecule has 1 aliphatic heterocycles. The Morgan fingerprint density at radius 2 is 1.84 bits per heavy atom. The summed E-state index contributed by atoms with van der Waals surface area (Å²) in [6.07, 6.45) is 4.14. The average Bonchev–Trinajstić information content (AvgIpc) is 3.24. The van der Waals surface area contributed by atoms with Crippen molar-refractivity contribution in [1.29, 1.82) is 0 Å². The third kappa shape index (κ3) is 2.52. The van der Waals surface area contributed by atoms with Crippen LogP contribution in [0.3, 0.4) is 0 Å². The molecule has 1 aromatic carbocycles. The number of nitrogens with one attached hydrogen (secondary N) is 1. The molecular formula is C16H22N2O. The maximum absolute atomic E-state index is 12.6. The van der Waals surface area contributed by atoms with Crippen LogP contribution in [-0.4, -0.2) is 37.0 Å². The predicted octanol–water partition coefficient (Wildman–Crippen LogP) is 1.93. The number of likely N-dealkylation sites (tertiary alicyclic amines) is 1. The normalized spacial score (nSPS) is 23.0.